The van der Waals surface area contributed by atoms with Crippen molar-refractivity contribution in [2.24, 2.45) is 0 Å². The SMILES string of the molecule is CC1=Cc2cccc([Si](C)(C)[Si](C)(C)Cl)c2C1.CC1=Cc2cccc([Si](C)(C)[Si](C)(C)Nc3ccc(C)cc3)c2C1. The molecular weight excluding hydrogens is 582 g/mol. The molecule has 0 saturated heterocycles. The first-order chi connectivity index (χ1) is 18.9. The molecule has 0 unspecified atom stereocenters. The van der Waals surface area contributed by atoms with Crippen molar-refractivity contribution in [3.8, 4) is 0 Å². The largest absolute Gasteiger partial charge is 0.412 e. The van der Waals surface area contributed by atoms with Crippen molar-refractivity contribution in [1.82, 2.24) is 0 Å². The summed E-state index contributed by atoms with van der Waals surface area (Å²) in [6.45, 7) is 24.6. The van der Waals surface area contributed by atoms with Gasteiger partial charge in [-0.15, -0.1) is 0 Å². The molecule has 2 aliphatic carbocycles. The topological polar surface area (TPSA) is 12.0 Å². The maximum Gasteiger partial charge on any atom is 0.146 e. The molecule has 1 N–H and O–H groups in total. The third-order valence-corrected chi connectivity index (χ3v) is 45.2. The molecule has 0 radical (unpaired) electrons. The van der Waals surface area contributed by atoms with Crippen molar-refractivity contribution in [1.29, 1.82) is 0 Å². The molecule has 0 fully saturated rings. The Kier molecular flexibility index (Phi) is 9.10. The number of anilines is 1. The Hall–Kier alpha value is -1.90. The number of allylic oxidation sites excluding steroid dienone is 2. The van der Waals surface area contributed by atoms with Crippen LogP contribution in [0.4, 0.5) is 5.69 Å². The fraction of sp³-hybridized carbons (Fsp3) is 0.371. The molecule has 1 nitrogen and oxygen atoms in total. The van der Waals surface area contributed by atoms with E-state index >= 15 is 0 Å². The molecule has 0 heterocycles. The van der Waals surface area contributed by atoms with E-state index in [2.05, 4.69) is 151 Å². The number of nitrogens with one attached hydrogen (secondary N) is 1. The van der Waals surface area contributed by atoms with E-state index in [9.17, 15) is 0 Å². The standard InChI is InChI=1S/C21H29NSi2.C14H21ClSi2/c1-16-10-12-19(13-11-16)22-24(5,6)23(3,4)21-9-7-8-18-14-17(2)15-20(18)21;1-11-9-12-7-6-8-14(13(12)10-11)16(2,3)17(4,5)15/h7-14,22H,15H2,1-6H3;6-9H,10H2,1-5H3. The van der Waals surface area contributed by atoms with Gasteiger partial charge < -0.3 is 4.98 Å². The lowest BCUT2D eigenvalue weighted by molar-refractivity contribution is 1.21. The fourth-order valence-electron chi connectivity index (χ4n) is 6.05. The van der Waals surface area contributed by atoms with Gasteiger partial charge in [0.2, 0.25) is 0 Å². The summed E-state index contributed by atoms with van der Waals surface area (Å²) in [5, 5.41) is 3.25. The quantitative estimate of drug-likeness (QED) is 0.211. The Morgan fingerprint density at radius 1 is 0.585 bits per heavy atom. The number of hydrogen-bond acceptors (Lipinski definition) is 1. The average Bonchev–Trinajstić information content (AvgIpc) is 3.44. The number of hydrogen-bond donors (Lipinski definition) is 1. The van der Waals surface area contributed by atoms with Crippen molar-refractivity contribution < 1.29 is 0 Å². The molecule has 0 bridgehead atoms. The zero-order valence-corrected chi connectivity index (χ0v) is 32.0. The Labute approximate surface area is 258 Å². The van der Waals surface area contributed by atoms with Gasteiger partial charge >= 0.3 is 0 Å². The normalized spacial score (nSPS) is 14.9. The van der Waals surface area contributed by atoms with E-state index < -0.39 is 29.8 Å². The first-order valence-electron chi connectivity index (χ1n) is 15.1. The van der Waals surface area contributed by atoms with E-state index in [1.807, 2.05) is 0 Å². The molecule has 41 heavy (non-hydrogen) atoms. The van der Waals surface area contributed by atoms with Crippen molar-refractivity contribution >= 4 is 69.1 Å². The number of rotatable bonds is 6. The van der Waals surface area contributed by atoms with Gasteiger partial charge in [-0.1, -0.05) is 140 Å². The third kappa shape index (κ3) is 6.54. The summed E-state index contributed by atoms with van der Waals surface area (Å²) in [6, 6.07) is 22.6. The van der Waals surface area contributed by atoms with Gasteiger partial charge in [-0.2, -0.15) is 11.1 Å². The molecule has 0 aromatic heterocycles. The lowest BCUT2D eigenvalue weighted by atomic mass is 10.1. The van der Waals surface area contributed by atoms with Crippen LogP contribution in [0.25, 0.3) is 12.2 Å². The molecule has 2 aliphatic rings. The highest BCUT2D eigenvalue weighted by Crippen LogP contribution is 2.31. The summed E-state index contributed by atoms with van der Waals surface area (Å²) < 4.78 is 0. The number of halogens is 1. The van der Waals surface area contributed by atoms with Gasteiger partial charge in [-0.05, 0) is 68.0 Å². The van der Waals surface area contributed by atoms with E-state index in [0.717, 1.165) is 12.8 Å². The highest BCUT2D eigenvalue weighted by atomic mass is 35.6. The minimum absolute atomic E-state index is 1.13. The Morgan fingerprint density at radius 3 is 1.46 bits per heavy atom. The summed E-state index contributed by atoms with van der Waals surface area (Å²) in [5.74, 6) is 0. The number of aryl methyl sites for hydroxylation is 1. The number of benzene rings is 3. The van der Waals surface area contributed by atoms with Gasteiger partial charge in [0.05, 0.1) is 15.2 Å². The minimum Gasteiger partial charge on any atom is -0.412 e. The predicted molar refractivity (Wildman–Crippen MR) is 197 cm³/mol. The third-order valence-electron chi connectivity index (χ3n) is 10.0. The van der Waals surface area contributed by atoms with E-state index in [4.69, 9.17) is 11.1 Å². The first kappa shape index (κ1) is 32.0. The molecule has 0 aliphatic heterocycles. The van der Waals surface area contributed by atoms with Crippen molar-refractivity contribution in [3.05, 3.63) is 99.6 Å². The van der Waals surface area contributed by atoms with E-state index in [1.165, 1.54) is 33.5 Å². The summed E-state index contributed by atoms with van der Waals surface area (Å²) in [4.78, 5) is 3.97. The molecule has 5 rings (SSSR count). The van der Waals surface area contributed by atoms with E-state index in [0.29, 0.717) is 0 Å². The molecule has 218 valence electrons. The van der Waals surface area contributed by atoms with Gasteiger partial charge in [0.15, 0.2) is 0 Å². The van der Waals surface area contributed by atoms with Crippen LogP contribution in [0.1, 0.15) is 41.7 Å². The molecular formula is C35H50ClNSi4. The fourth-order valence-corrected chi connectivity index (χ4v) is 19.2. The Balaban J connectivity index is 0.000000201. The predicted octanol–water partition coefficient (Wildman–Crippen LogP) is 9.35. The molecule has 6 heteroatoms. The summed E-state index contributed by atoms with van der Waals surface area (Å²) in [5.41, 5.74) is 11.6. The summed E-state index contributed by atoms with van der Waals surface area (Å²) in [6.07, 6.45) is 6.96. The minimum atomic E-state index is -1.63. The summed E-state index contributed by atoms with van der Waals surface area (Å²) in [7, 11) is -4.72. The molecule has 3 aromatic carbocycles. The highest BCUT2D eigenvalue weighted by Gasteiger charge is 2.45. The maximum atomic E-state index is 6.78. The lowest BCUT2D eigenvalue weighted by Crippen LogP contribution is -2.68. The van der Waals surface area contributed by atoms with Gasteiger partial charge in [-0.3, -0.25) is 0 Å². The molecule has 0 saturated carbocycles. The van der Waals surface area contributed by atoms with E-state index in [-0.39, 0.29) is 0 Å². The van der Waals surface area contributed by atoms with Crippen LogP contribution in [-0.2, 0) is 12.8 Å². The van der Waals surface area contributed by atoms with Crippen LogP contribution in [0.2, 0.25) is 52.4 Å². The van der Waals surface area contributed by atoms with Gasteiger partial charge in [0.25, 0.3) is 0 Å². The van der Waals surface area contributed by atoms with Crippen molar-refractivity contribution in [3.63, 3.8) is 0 Å². The first-order valence-corrected chi connectivity index (χ1v) is 30.1. The van der Waals surface area contributed by atoms with Crippen LogP contribution in [-0.4, -0.2) is 29.8 Å². The highest BCUT2D eigenvalue weighted by molar-refractivity contribution is 7.61. The monoisotopic (exact) mass is 631 g/mol. The second-order valence-electron chi connectivity index (χ2n) is 14.4. The molecule has 3 aromatic rings. The number of fused-ring (bicyclic) bond motifs is 2. The van der Waals surface area contributed by atoms with Gasteiger partial charge in [0.1, 0.15) is 14.7 Å². The van der Waals surface area contributed by atoms with E-state index in [1.54, 1.807) is 21.5 Å². The van der Waals surface area contributed by atoms with Crippen LogP contribution < -0.4 is 15.4 Å². The zero-order valence-electron chi connectivity index (χ0n) is 27.2. The maximum absolute atomic E-state index is 6.78. The molecule has 0 atom stereocenters. The molecule has 0 amide bonds. The average molecular weight is 633 g/mol. The van der Waals surface area contributed by atoms with Crippen LogP contribution in [0.5, 0.6) is 0 Å². The van der Waals surface area contributed by atoms with Crippen LogP contribution in [0, 0.1) is 6.92 Å². The second kappa shape index (κ2) is 11.6. The smallest absolute Gasteiger partial charge is 0.146 e. The van der Waals surface area contributed by atoms with Crippen LogP contribution in [0.3, 0.4) is 0 Å². The van der Waals surface area contributed by atoms with Gasteiger partial charge in [-0.25, -0.2) is 0 Å². The zero-order chi connectivity index (χ0) is 30.4. The van der Waals surface area contributed by atoms with Crippen molar-refractivity contribution in [2.75, 3.05) is 4.98 Å². The molecule has 0 spiro atoms. The van der Waals surface area contributed by atoms with Crippen molar-refractivity contribution in [2.45, 2.75) is 86.0 Å². The Morgan fingerprint density at radius 2 is 1.02 bits per heavy atom. The lowest BCUT2D eigenvalue weighted by Gasteiger charge is -2.41. The van der Waals surface area contributed by atoms with Crippen LogP contribution >= 0.6 is 11.1 Å². The van der Waals surface area contributed by atoms with Gasteiger partial charge in [0, 0.05) is 5.69 Å². The van der Waals surface area contributed by atoms with Crippen LogP contribution in [0.15, 0.2) is 71.8 Å². The summed E-state index contributed by atoms with van der Waals surface area (Å²) >= 11 is 6.78. The Bertz CT molecular complexity index is 1490. The second-order valence-corrected chi connectivity index (χ2v) is 47.2.